The standard InChI is InChI=1S/C37H42N2O8S/c1-12-15-45-34(43)30-20(2)38-35-39(31(30)24-13-14-27(46-21(3)40)28(19-24)44-11)33(42)29(48-35)18-23-16-25(36(5,6)7)32(47-22(4)41)26(17-23)37(8,9)10/h12-14,16-19,31H,1,15H2,2-11H3. The van der Waals surface area contributed by atoms with Crippen molar-refractivity contribution in [3.8, 4) is 17.2 Å². The Hall–Kier alpha value is -4.77. The number of esters is 3. The summed E-state index contributed by atoms with van der Waals surface area (Å²) in [5.41, 5.74) is 2.33. The van der Waals surface area contributed by atoms with E-state index in [1.54, 1.807) is 31.2 Å². The van der Waals surface area contributed by atoms with Crippen molar-refractivity contribution in [1.82, 2.24) is 4.57 Å². The number of rotatable bonds is 8. The van der Waals surface area contributed by atoms with Gasteiger partial charge in [0.25, 0.3) is 5.56 Å². The molecule has 2 heterocycles. The number of fused-ring (bicyclic) bond motifs is 1. The predicted octanol–water partition coefficient (Wildman–Crippen LogP) is 5.42. The van der Waals surface area contributed by atoms with Gasteiger partial charge in [-0.2, -0.15) is 0 Å². The number of carbonyl (C=O) groups is 3. The molecule has 0 N–H and O–H groups in total. The van der Waals surface area contributed by atoms with Crippen LogP contribution in [0.5, 0.6) is 17.2 Å². The summed E-state index contributed by atoms with van der Waals surface area (Å²) in [5.74, 6) is -0.629. The Balaban J connectivity index is 2.02. The van der Waals surface area contributed by atoms with Crippen molar-refractivity contribution < 1.29 is 33.3 Å². The van der Waals surface area contributed by atoms with Crippen molar-refractivity contribution in [3.05, 3.63) is 96.2 Å². The van der Waals surface area contributed by atoms with Crippen LogP contribution in [0.3, 0.4) is 0 Å². The number of ether oxygens (including phenoxy) is 4. The molecule has 0 spiro atoms. The number of nitrogens with zero attached hydrogens (tertiary/aromatic N) is 2. The molecule has 1 aliphatic heterocycles. The topological polar surface area (TPSA) is 122 Å². The molecule has 4 rings (SSSR count). The first kappa shape index (κ1) is 36.1. The van der Waals surface area contributed by atoms with Gasteiger partial charge in [0.15, 0.2) is 16.3 Å². The minimum atomic E-state index is -0.928. The van der Waals surface area contributed by atoms with Crippen molar-refractivity contribution in [2.45, 2.75) is 79.2 Å². The fraction of sp³-hybridized carbons (Fsp3) is 0.378. The van der Waals surface area contributed by atoms with Gasteiger partial charge in [0.1, 0.15) is 12.4 Å². The second-order valence-electron chi connectivity index (χ2n) is 13.5. The Bertz CT molecular complexity index is 1980. The third kappa shape index (κ3) is 7.52. The number of carbonyl (C=O) groups excluding carboxylic acids is 3. The van der Waals surface area contributed by atoms with Crippen LogP contribution in [0.15, 0.2) is 64.0 Å². The Morgan fingerprint density at radius 2 is 1.56 bits per heavy atom. The smallest absolute Gasteiger partial charge is 0.338 e. The van der Waals surface area contributed by atoms with Gasteiger partial charge in [-0.25, -0.2) is 9.79 Å². The summed E-state index contributed by atoms with van der Waals surface area (Å²) in [6.45, 7) is 20.2. The van der Waals surface area contributed by atoms with Gasteiger partial charge in [-0.3, -0.25) is 19.0 Å². The van der Waals surface area contributed by atoms with E-state index in [1.165, 1.54) is 42.9 Å². The fourth-order valence-electron chi connectivity index (χ4n) is 5.46. The molecule has 1 aromatic heterocycles. The minimum Gasteiger partial charge on any atom is -0.493 e. The molecule has 0 fully saturated rings. The van der Waals surface area contributed by atoms with Crippen LogP contribution >= 0.6 is 11.3 Å². The first-order valence-corrected chi connectivity index (χ1v) is 16.2. The van der Waals surface area contributed by atoms with Gasteiger partial charge in [0.2, 0.25) is 0 Å². The Kier molecular flexibility index (Phi) is 10.3. The third-order valence-corrected chi connectivity index (χ3v) is 8.58. The first-order valence-electron chi connectivity index (χ1n) is 15.4. The molecule has 0 saturated heterocycles. The number of benzene rings is 2. The van der Waals surface area contributed by atoms with E-state index in [0.717, 1.165) is 16.7 Å². The molecule has 2 aromatic carbocycles. The zero-order valence-electron chi connectivity index (χ0n) is 29.1. The van der Waals surface area contributed by atoms with Gasteiger partial charge in [-0.1, -0.05) is 71.6 Å². The molecule has 10 nitrogen and oxygen atoms in total. The molecular weight excluding hydrogens is 632 g/mol. The third-order valence-electron chi connectivity index (χ3n) is 7.60. The van der Waals surface area contributed by atoms with Crippen LogP contribution in [0, 0.1) is 0 Å². The van der Waals surface area contributed by atoms with Crippen molar-refractivity contribution in [2.24, 2.45) is 4.99 Å². The molecule has 48 heavy (non-hydrogen) atoms. The molecule has 1 unspecified atom stereocenters. The molecular formula is C37H42N2O8S. The number of hydrogen-bond donors (Lipinski definition) is 0. The van der Waals surface area contributed by atoms with Crippen LogP contribution in [0.4, 0.5) is 0 Å². The maximum absolute atomic E-state index is 14.4. The van der Waals surface area contributed by atoms with E-state index in [2.05, 4.69) is 11.6 Å². The monoisotopic (exact) mass is 674 g/mol. The number of aromatic nitrogens is 1. The quantitative estimate of drug-likeness (QED) is 0.177. The minimum absolute atomic E-state index is 0.0307. The van der Waals surface area contributed by atoms with E-state index in [9.17, 15) is 19.2 Å². The van der Waals surface area contributed by atoms with Gasteiger partial charge in [-0.05, 0) is 59.2 Å². The van der Waals surface area contributed by atoms with Crippen molar-refractivity contribution in [3.63, 3.8) is 0 Å². The maximum atomic E-state index is 14.4. The zero-order valence-corrected chi connectivity index (χ0v) is 29.9. The highest BCUT2D eigenvalue weighted by atomic mass is 32.1. The lowest BCUT2D eigenvalue weighted by molar-refractivity contribution is -0.138. The summed E-state index contributed by atoms with van der Waals surface area (Å²) < 4.78 is 23.9. The lowest BCUT2D eigenvalue weighted by Crippen LogP contribution is -2.40. The van der Waals surface area contributed by atoms with Gasteiger partial charge >= 0.3 is 17.9 Å². The van der Waals surface area contributed by atoms with E-state index in [1.807, 2.05) is 53.7 Å². The molecule has 0 bridgehead atoms. The summed E-state index contributed by atoms with van der Waals surface area (Å²) >= 11 is 1.19. The SMILES string of the molecule is C=CCOC(=O)C1=C(C)N=c2sc(=Cc3cc(C(C)(C)C)c(OC(C)=O)c(C(C)(C)C)c3)c(=O)n2C1c1ccc(OC(C)=O)c(OC)c1. The lowest BCUT2D eigenvalue weighted by atomic mass is 9.78. The van der Waals surface area contributed by atoms with E-state index < -0.39 is 34.8 Å². The van der Waals surface area contributed by atoms with Crippen LogP contribution in [-0.2, 0) is 30.0 Å². The highest BCUT2D eigenvalue weighted by Crippen LogP contribution is 2.41. The average Bonchev–Trinajstić information content (AvgIpc) is 3.28. The molecule has 0 radical (unpaired) electrons. The Labute approximate surface area is 284 Å². The van der Waals surface area contributed by atoms with Crippen LogP contribution in [0.2, 0.25) is 0 Å². The van der Waals surface area contributed by atoms with E-state index in [0.29, 0.717) is 26.3 Å². The largest absolute Gasteiger partial charge is 0.493 e. The highest BCUT2D eigenvalue weighted by Gasteiger charge is 2.34. The summed E-state index contributed by atoms with van der Waals surface area (Å²) in [6.07, 6.45) is 3.25. The number of allylic oxidation sites excluding steroid dienone is 1. The molecule has 11 heteroatoms. The van der Waals surface area contributed by atoms with Gasteiger partial charge < -0.3 is 18.9 Å². The average molecular weight is 675 g/mol. The molecule has 0 saturated carbocycles. The fourth-order valence-corrected chi connectivity index (χ4v) is 6.50. The molecule has 254 valence electrons. The van der Waals surface area contributed by atoms with E-state index in [-0.39, 0.29) is 29.2 Å². The van der Waals surface area contributed by atoms with Crippen LogP contribution in [-0.4, -0.2) is 36.2 Å². The normalized spacial score (nSPS) is 15.0. The summed E-state index contributed by atoms with van der Waals surface area (Å²) in [4.78, 5) is 56.7. The van der Waals surface area contributed by atoms with E-state index in [4.69, 9.17) is 18.9 Å². The Morgan fingerprint density at radius 3 is 2.08 bits per heavy atom. The van der Waals surface area contributed by atoms with Crippen molar-refractivity contribution in [2.75, 3.05) is 13.7 Å². The van der Waals surface area contributed by atoms with Gasteiger partial charge in [0.05, 0.1) is 29.0 Å². The van der Waals surface area contributed by atoms with Crippen molar-refractivity contribution >= 4 is 35.3 Å². The second kappa shape index (κ2) is 13.8. The van der Waals surface area contributed by atoms with Gasteiger partial charge in [-0.15, -0.1) is 0 Å². The Morgan fingerprint density at radius 1 is 0.958 bits per heavy atom. The molecule has 0 amide bonds. The summed E-state index contributed by atoms with van der Waals surface area (Å²) in [5, 5.41) is 0. The second-order valence-corrected chi connectivity index (χ2v) is 14.5. The molecule has 1 atom stereocenters. The predicted molar refractivity (Wildman–Crippen MR) is 184 cm³/mol. The number of methoxy groups -OCH3 is 1. The maximum Gasteiger partial charge on any atom is 0.338 e. The molecule has 0 aliphatic carbocycles. The first-order chi connectivity index (χ1) is 22.4. The van der Waals surface area contributed by atoms with Gasteiger partial charge in [0, 0.05) is 25.0 Å². The van der Waals surface area contributed by atoms with E-state index >= 15 is 0 Å². The van der Waals surface area contributed by atoms with Crippen LogP contribution < -0.4 is 29.1 Å². The van der Waals surface area contributed by atoms with Crippen molar-refractivity contribution in [1.29, 1.82) is 0 Å². The lowest BCUT2D eigenvalue weighted by Gasteiger charge is -2.29. The number of hydrogen-bond acceptors (Lipinski definition) is 10. The van der Waals surface area contributed by atoms with Crippen LogP contribution in [0.1, 0.15) is 90.6 Å². The summed E-state index contributed by atoms with van der Waals surface area (Å²) in [6, 6.07) is 7.79. The number of thiazole rings is 1. The molecule has 1 aliphatic rings. The van der Waals surface area contributed by atoms with Crippen LogP contribution in [0.25, 0.3) is 6.08 Å². The highest BCUT2D eigenvalue weighted by molar-refractivity contribution is 7.07. The summed E-state index contributed by atoms with van der Waals surface area (Å²) in [7, 11) is 1.43. The molecule has 3 aromatic rings. The zero-order chi connectivity index (χ0) is 35.7.